The lowest BCUT2D eigenvalue weighted by Gasteiger charge is -2.46. The highest BCUT2D eigenvalue weighted by Gasteiger charge is 2.45. The maximum atomic E-state index is 12.8. The smallest absolute Gasteiger partial charge is 0.251 e. The summed E-state index contributed by atoms with van der Waals surface area (Å²) in [6.07, 6.45) is 13.7. The van der Waals surface area contributed by atoms with Gasteiger partial charge in [0.1, 0.15) is 11.9 Å². The van der Waals surface area contributed by atoms with Gasteiger partial charge in [-0.2, -0.15) is 0 Å². The van der Waals surface area contributed by atoms with Crippen LogP contribution in [0.5, 0.6) is 5.75 Å². The fraction of sp³-hybridized carbons (Fsp3) is 0.429. The number of fused-ring (bicyclic) bond motifs is 2. The molecule has 7 rings (SSSR count). The molecule has 2 unspecified atom stereocenters. The topological polar surface area (TPSA) is 91.4 Å². The number of halogens is 1. The van der Waals surface area contributed by atoms with E-state index in [9.17, 15) is 4.79 Å². The predicted molar refractivity (Wildman–Crippen MR) is 170 cm³/mol. The van der Waals surface area contributed by atoms with Crippen molar-refractivity contribution in [3.05, 3.63) is 94.0 Å². The SMILES string of the molecule is C1CC1.N=C(c1ccc(OC2CC3CCC(C2)N3C2CCC2)cc1)c1cc(C(=O)NCc2ccccc2Cl)ccc1N. The lowest BCUT2D eigenvalue weighted by atomic mass is 9.87. The van der Waals surface area contributed by atoms with Crippen LogP contribution in [-0.2, 0) is 6.54 Å². The van der Waals surface area contributed by atoms with Gasteiger partial charge in [0.15, 0.2) is 0 Å². The zero-order valence-corrected chi connectivity index (χ0v) is 24.9. The molecule has 4 N–H and O–H groups in total. The van der Waals surface area contributed by atoms with E-state index in [0.29, 0.717) is 40.5 Å². The normalized spacial score (nSPS) is 22.8. The van der Waals surface area contributed by atoms with E-state index in [0.717, 1.165) is 35.8 Å². The molecular weight excluding hydrogens is 544 g/mol. The largest absolute Gasteiger partial charge is 0.490 e. The number of ether oxygens (including phenoxy) is 1. The second-order valence-corrected chi connectivity index (χ2v) is 12.6. The molecule has 2 heterocycles. The van der Waals surface area contributed by atoms with Crippen molar-refractivity contribution in [3.63, 3.8) is 0 Å². The van der Waals surface area contributed by atoms with Gasteiger partial charge in [-0.15, -0.1) is 0 Å². The van der Waals surface area contributed by atoms with Crippen LogP contribution in [0.25, 0.3) is 0 Å². The molecule has 0 radical (unpaired) electrons. The van der Waals surface area contributed by atoms with Crippen LogP contribution in [0.2, 0.25) is 5.02 Å². The fourth-order valence-electron chi connectivity index (χ4n) is 6.42. The molecule has 2 bridgehead atoms. The van der Waals surface area contributed by atoms with Gasteiger partial charge in [0, 0.05) is 52.1 Å². The molecule has 3 aromatic carbocycles. The first kappa shape index (κ1) is 28.8. The summed E-state index contributed by atoms with van der Waals surface area (Å²) in [5.41, 5.74) is 9.48. The molecule has 0 aromatic heterocycles. The number of piperidine rings is 1. The number of anilines is 1. The van der Waals surface area contributed by atoms with Crippen molar-refractivity contribution < 1.29 is 9.53 Å². The molecule has 3 aromatic rings. The Morgan fingerprint density at radius 3 is 2.17 bits per heavy atom. The highest BCUT2D eigenvalue weighted by molar-refractivity contribution is 6.31. The number of carbonyl (C=O) groups is 1. The monoisotopic (exact) mass is 584 g/mol. The van der Waals surface area contributed by atoms with Gasteiger partial charge >= 0.3 is 0 Å². The van der Waals surface area contributed by atoms with Crippen LogP contribution in [0, 0.1) is 5.41 Å². The van der Waals surface area contributed by atoms with Crippen molar-refractivity contribution in [1.29, 1.82) is 5.41 Å². The minimum atomic E-state index is -0.245. The maximum absolute atomic E-state index is 12.8. The van der Waals surface area contributed by atoms with E-state index in [1.54, 1.807) is 24.3 Å². The van der Waals surface area contributed by atoms with E-state index < -0.39 is 0 Å². The molecule has 2 saturated heterocycles. The lowest BCUT2D eigenvalue weighted by molar-refractivity contribution is -0.00226. The summed E-state index contributed by atoms with van der Waals surface area (Å²) in [6.45, 7) is 0.318. The van der Waals surface area contributed by atoms with Gasteiger partial charge in [0.25, 0.3) is 5.91 Å². The third-order valence-electron chi connectivity index (χ3n) is 9.02. The summed E-state index contributed by atoms with van der Waals surface area (Å²) in [5, 5.41) is 12.3. The first-order valence-electron chi connectivity index (χ1n) is 15.5. The second kappa shape index (κ2) is 12.9. The van der Waals surface area contributed by atoms with Crippen molar-refractivity contribution in [2.75, 3.05) is 5.73 Å². The molecular formula is C35H41ClN4O2. The Morgan fingerprint density at radius 2 is 1.55 bits per heavy atom. The van der Waals surface area contributed by atoms with Gasteiger partial charge in [-0.1, -0.05) is 55.5 Å². The zero-order valence-electron chi connectivity index (χ0n) is 24.2. The summed E-state index contributed by atoms with van der Waals surface area (Å²) in [7, 11) is 0. The number of rotatable bonds is 8. The van der Waals surface area contributed by atoms with Gasteiger partial charge < -0.3 is 15.8 Å². The Bertz CT molecular complexity index is 1400. The van der Waals surface area contributed by atoms with Crippen LogP contribution >= 0.6 is 11.6 Å². The Kier molecular flexibility index (Phi) is 8.82. The van der Waals surface area contributed by atoms with Gasteiger partial charge in [-0.25, -0.2) is 0 Å². The van der Waals surface area contributed by atoms with Gasteiger partial charge in [0.2, 0.25) is 0 Å². The van der Waals surface area contributed by atoms with Crippen LogP contribution in [0.3, 0.4) is 0 Å². The van der Waals surface area contributed by atoms with Crippen LogP contribution in [0.4, 0.5) is 5.69 Å². The number of nitrogens with one attached hydrogen (secondary N) is 2. The summed E-state index contributed by atoms with van der Waals surface area (Å²) in [6, 6.07) is 22.3. The van der Waals surface area contributed by atoms with Crippen molar-refractivity contribution in [2.24, 2.45) is 0 Å². The summed E-state index contributed by atoms with van der Waals surface area (Å²) in [4.78, 5) is 15.6. The number of amides is 1. The van der Waals surface area contributed by atoms with Crippen molar-refractivity contribution in [3.8, 4) is 5.75 Å². The number of benzene rings is 3. The van der Waals surface area contributed by atoms with Gasteiger partial charge in [0.05, 0.1) is 5.71 Å². The molecule has 1 amide bonds. The van der Waals surface area contributed by atoms with Crippen molar-refractivity contribution in [2.45, 2.75) is 95.0 Å². The van der Waals surface area contributed by atoms with E-state index >= 15 is 0 Å². The number of nitrogens with zero attached hydrogens (tertiary/aromatic N) is 1. The third-order valence-corrected chi connectivity index (χ3v) is 9.39. The van der Waals surface area contributed by atoms with E-state index in [-0.39, 0.29) is 17.7 Å². The standard InChI is InChI=1S/C32H35ClN4O2.C3H6/c33-29-7-2-1-4-22(29)19-36-32(38)21-10-15-30(34)28(16-21)31(35)20-8-13-26(14-9-20)39-27-17-24-11-12-25(18-27)37(24)23-5-3-6-23;1-2-3-1/h1-2,4,7-10,13-16,23-25,27,35H,3,5-6,11-12,17-19,34H2,(H,36,38);1-3H2. The first-order valence-corrected chi connectivity index (χ1v) is 15.9. The van der Waals surface area contributed by atoms with Crippen LogP contribution in [0.1, 0.15) is 91.3 Å². The quantitative estimate of drug-likeness (QED) is 0.190. The molecule has 2 saturated carbocycles. The first-order chi connectivity index (χ1) is 20.5. The van der Waals surface area contributed by atoms with Crippen LogP contribution < -0.4 is 15.8 Å². The number of nitrogens with two attached hydrogens (primary N) is 1. The van der Waals surface area contributed by atoms with Crippen molar-refractivity contribution >= 4 is 28.9 Å². The fourth-order valence-corrected chi connectivity index (χ4v) is 6.62. The number of carbonyl (C=O) groups excluding carboxylic acids is 1. The average Bonchev–Trinajstić information content (AvgIpc) is 3.83. The Balaban J connectivity index is 0.000000990. The van der Waals surface area contributed by atoms with E-state index in [2.05, 4.69) is 10.2 Å². The molecule has 2 aliphatic carbocycles. The number of nitrogen functional groups attached to an aromatic ring is 1. The molecule has 7 heteroatoms. The number of hydrogen-bond acceptors (Lipinski definition) is 5. The Morgan fingerprint density at radius 1 is 0.881 bits per heavy atom. The predicted octanol–water partition coefficient (Wildman–Crippen LogP) is 7.37. The molecule has 0 spiro atoms. The third kappa shape index (κ3) is 6.66. The average molecular weight is 585 g/mol. The van der Waals surface area contributed by atoms with Crippen LogP contribution in [0.15, 0.2) is 66.7 Å². The van der Waals surface area contributed by atoms with E-state index in [1.165, 1.54) is 51.4 Å². The minimum absolute atomic E-state index is 0.245. The molecule has 220 valence electrons. The number of hydrogen-bond donors (Lipinski definition) is 3. The van der Waals surface area contributed by atoms with E-state index in [4.69, 9.17) is 27.5 Å². The van der Waals surface area contributed by atoms with Gasteiger partial charge in [-0.05, 0) is 92.6 Å². The molecule has 42 heavy (non-hydrogen) atoms. The summed E-state index contributed by atoms with van der Waals surface area (Å²) in [5.74, 6) is 0.596. The summed E-state index contributed by atoms with van der Waals surface area (Å²) >= 11 is 6.21. The summed E-state index contributed by atoms with van der Waals surface area (Å²) < 4.78 is 6.42. The zero-order chi connectivity index (χ0) is 29.1. The van der Waals surface area contributed by atoms with Gasteiger partial charge in [-0.3, -0.25) is 15.1 Å². The molecule has 2 aliphatic heterocycles. The molecule has 6 nitrogen and oxygen atoms in total. The highest BCUT2D eigenvalue weighted by Crippen LogP contribution is 2.42. The Hall–Kier alpha value is -3.35. The molecule has 2 atom stereocenters. The maximum Gasteiger partial charge on any atom is 0.251 e. The molecule has 4 fully saturated rings. The van der Waals surface area contributed by atoms with Crippen LogP contribution in [-0.4, -0.2) is 40.7 Å². The van der Waals surface area contributed by atoms with Crippen molar-refractivity contribution in [1.82, 2.24) is 10.2 Å². The Labute approximate surface area is 254 Å². The lowest BCUT2D eigenvalue weighted by Crippen LogP contribution is -2.53. The second-order valence-electron chi connectivity index (χ2n) is 12.2. The molecule has 4 aliphatic rings. The highest BCUT2D eigenvalue weighted by atomic mass is 35.5. The minimum Gasteiger partial charge on any atom is -0.490 e. The van der Waals surface area contributed by atoms with E-state index in [1.807, 2.05) is 42.5 Å².